The molecule has 1 heteroatoms. The number of benzene rings is 1. The molecule has 1 saturated carbocycles. The van der Waals surface area contributed by atoms with Crippen molar-refractivity contribution in [2.45, 2.75) is 63.7 Å². The Labute approximate surface area is 144 Å². The topological polar surface area (TPSA) is 0 Å². The molecular formula is C22H25Cl. The summed E-state index contributed by atoms with van der Waals surface area (Å²) in [5.74, 6) is 0.764. The van der Waals surface area contributed by atoms with Gasteiger partial charge in [0.15, 0.2) is 0 Å². The zero-order valence-corrected chi connectivity index (χ0v) is 14.5. The summed E-state index contributed by atoms with van der Waals surface area (Å²) in [6, 6.07) is 4.76. The summed E-state index contributed by atoms with van der Waals surface area (Å²) in [6.07, 6.45) is 20.7. The molecule has 0 saturated heterocycles. The standard InChI is InChI=1S/C22H25Cl/c23-22-13-7-6-12-21(22)20-15-14-17(16-8-2-1-3-9-16)18-10-4-5-11-19(18)20/h4,10,12-16H,1-3,5-9,11H2. The van der Waals surface area contributed by atoms with Gasteiger partial charge < -0.3 is 0 Å². The Morgan fingerprint density at radius 3 is 2.57 bits per heavy atom. The second kappa shape index (κ2) is 6.69. The molecule has 0 nitrogen and oxygen atoms in total. The molecule has 0 unspecified atom stereocenters. The summed E-state index contributed by atoms with van der Waals surface area (Å²) in [5.41, 5.74) is 7.28. The first kappa shape index (κ1) is 15.3. The Kier molecular flexibility index (Phi) is 4.44. The molecule has 0 radical (unpaired) electrons. The highest BCUT2D eigenvalue weighted by Gasteiger charge is 2.23. The largest absolute Gasteiger partial charge is 0.0840 e. The van der Waals surface area contributed by atoms with Crippen LogP contribution in [-0.4, -0.2) is 0 Å². The second-order valence-corrected chi connectivity index (χ2v) is 7.52. The Morgan fingerprint density at radius 1 is 0.913 bits per heavy atom. The molecule has 0 N–H and O–H groups in total. The average molecular weight is 325 g/mol. The zero-order valence-electron chi connectivity index (χ0n) is 13.8. The highest BCUT2D eigenvalue weighted by molar-refractivity contribution is 6.37. The summed E-state index contributed by atoms with van der Waals surface area (Å²) in [4.78, 5) is 0. The summed E-state index contributed by atoms with van der Waals surface area (Å²) in [5, 5.41) is 0.943. The number of hydrogen-bond acceptors (Lipinski definition) is 0. The average Bonchev–Trinajstić information content (AvgIpc) is 2.62. The van der Waals surface area contributed by atoms with Gasteiger partial charge in [0.1, 0.15) is 0 Å². The van der Waals surface area contributed by atoms with Gasteiger partial charge in [-0.05, 0) is 72.3 Å². The van der Waals surface area contributed by atoms with Crippen LogP contribution in [0.25, 0.3) is 11.6 Å². The number of fused-ring (bicyclic) bond motifs is 1. The SMILES string of the molecule is ClC1=CCCC=C1c1ccc(C2CCCCC2)c2c1CCC=C2. The predicted molar refractivity (Wildman–Crippen MR) is 101 cm³/mol. The molecule has 0 heterocycles. The van der Waals surface area contributed by atoms with Gasteiger partial charge in [-0.25, -0.2) is 0 Å². The van der Waals surface area contributed by atoms with E-state index in [4.69, 9.17) is 11.6 Å². The van der Waals surface area contributed by atoms with Gasteiger partial charge in [-0.2, -0.15) is 0 Å². The van der Waals surface area contributed by atoms with Crippen LogP contribution in [0, 0.1) is 0 Å². The molecule has 3 aliphatic carbocycles. The van der Waals surface area contributed by atoms with E-state index >= 15 is 0 Å². The van der Waals surface area contributed by atoms with Crippen molar-refractivity contribution in [3.05, 3.63) is 57.6 Å². The van der Waals surface area contributed by atoms with Crippen molar-refractivity contribution in [2.75, 3.05) is 0 Å². The van der Waals surface area contributed by atoms with Crippen LogP contribution in [0.5, 0.6) is 0 Å². The zero-order chi connectivity index (χ0) is 15.6. The summed E-state index contributed by atoms with van der Waals surface area (Å²) >= 11 is 6.52. The van der Waals surface area contributed by atoms with Crippen LogP contribution in [0.1, 0.15) is 79.5 Å². The van der Waals surface area contributed by atoms with Crippen molar-refractivity contribution in [1.82, 2.24) is 0 Å². The Balaban J connectivity index is 1.79. The molecule has 0 bridgehead atoms. The lowest BCUT2D eigenvalue weighted by Crippen LogP contribution is -2.11. The molecule has 0 aliphatic heterocycles. The van der Waals surface area contributed by atoms with Crippen molar-refractivity contribution in [3.8, 4) is 0 Å². The maximum absolute atomic E-state index is 6.52. The van der Waals surface area contributed by atoms with Crippen LogP contribution >= 0.6 is 11.6 Å². The van der Waals surface area contributed by atoms with Gasteiger partial charge in [-0.1, -0.05) is 67.3 Å². The summed E-state index contributed by atoms with van der Waals surface area (Å²) in [7, 11) is 0. The lowest BCUT2D eigenvalue weighted by Gasteiger charge is -2.28. The quantitative estimate of drug-likeness (QED) is 0.549. The van der Waals surface area contributed by atoms with Crippen LogP contribution in [-0.2, 0) is 6.42 Å². The van der Waals surface area contributed by atoms with Gasteiger partial charge in [-0.15, -0.1) is 0 Å². The molecule has 3 aliphatic rings. The summed E-state index contributed by atoms with van der Waals surface area (Å²) < 4.78 is 0. The molecule has 4 rings (SSSR count). The number of halogens is 1. The number of hydrogen-bond donors (Lipinski definition) is 0. The van der Waals surface area contributed by atoms with E-state index in [-0.39, 0.29) is 0 Å². The smallest absolute Gasteiger partial charge is 0.0441 e. The van der Waals surface area contributed by atoms with E-state index < -0.39 is 0 Å². The molecular weight excluding hydrogens is 300 g/mol. The van der Waals surface area contributed by atoms with Crippen LogP contribution in [0.4, 0.5) is 0 Å². The third kappa shape index (κ3) is 2.94. The third-order valence-electron chi connectivity index (χ3n) is 5.67. The molecule has 0 atom stereocenters. The van der Waals surface area contributed by atoms with E-state index in [1.54, 1.807) is 5.56 Å². The predicted octanol–water partition coefficient (Wildman–Crippen LogP) is 6.99. The maximum Gasteiger partial charge on any atom is 0.0441 e. The fourth-order valence-corrected chi connectivity index (χ4v) is 4.77. The molecule has 0 spiro atoms. The first-order valence-corrected chi connectivity index (χ1v) is 9.61. The van der Waals surface area contributed by atoms with Crippen molar-refractivity contribution in [2.24, 2.45) is 0 Å². The first-order chi connectivity index (χ1) is 11.3. The van der Waals surface area contributed by atoms with Crippen molar-refractivity contribution in [3.63, 3.8) is 0 Å². The van der Waals surface area contributed by atoms with Gasteiger partial charge in [0.05, 0.1) is 0 Å². The lowest BCUT2D eigenvalue weighted by molar-refractivity contribution is 0.443. The fraction of sp³-hybridized carbons (Fsp3) is 0.455. The van der Waals surface area contributed by atoms with Crippen molar-refractivity contribution >= 4 is 23.3 Å². The summed E-state index contributed by atoms with van der Waals surface area (Å²) in [6.45, 7) is 0. The van der Waals surface area contributed by atoms with E-state index in [1.807, 2.05) is 0 Å². The number of rotatable bonds is 2. The first-order valence-electron chi connectivity index (χ1n) is 9.23. The Morgan fingerprint density at radius 2 is 1.74 bits per heavy atom. The molecule has 1 aromatic carbocycles. The van der Waals surface area contributed by atoms with E-state index in [2.05, 4.69) is 36.4 Å². The molecule has 120 valence electrons. The van der Waals surface area contributed by atoms with Gasteiger partial charge in [-0.3, -0.25) is 0 Å². The van der Waals surface area contributed by atoms with Gasteiger partial charge in [0.25, 0.3) is 0 Å². The van der Waals surface area contributed by atoms with Gasteiger partial charge in [0.2, 0.25) is 0 Å². The number of allylic oxidation sites excluding steroid dienone is 5. The maximum atomic E-state index is 6.52. The van der Waals surface area contributed by atoms with E-state index in [0.29, 0.717) is 0 Å². The van der Waals surface area contributed by atoms with Crippen LogP contribution in [0.15, 0.2) is 35.4 Å². The normalized spacial score (nSPS) is 21.6. The molecule has 1 aromatic rings. The second-order valence-electron chi connectivity index (χ2n) is 7.12. The molecule has 1 fully saturated rings. The monoisotopic (exact) mass is 324 g/mol. The lowest BCUT2D eigenvalue weighted by atomic mass is 9.77. The van der Waals surface area contributed by atoms with Crippen LogP contribution in [0.3, 0.4) is 0 Å². The fourth-order valence-electron chi connectivity index (χ4n) is 4.48. The molecule has 23 heavy (non-hydrogen) atoms. The van der Waals surface area contributed by atoms with Crippen LogP contribution in [0.2, 0.25) is 0 Å². The van der Waals surface area contributed by atoms with Crippen molar-refractivity contribution in [1.29, 1.82) is 0 Å². The van der Waals surface area contributed by atoms with E-state index in [1.165, 1.54) is 54.4 Å². The van der Waals surface area contributed by atoms with Gasteiger partial charge >= 0.3 is 0 Å². The van der Waals surface area contributed by atoms with Crippen LogP contribution < -0.4 is 0 Å². The Bertz CT molecular complexity index is 684. The third-order valence-corrected chi connectivity index (χ3v) is 6.03. The van der Waals surface area contributed by atoms with Gasteiger partial charge in [0, 0.05) is 5.03 Å². The molecule has 0 amide bonds. The Hall–Kier alpha value is -1.27. The van der Waals surface area contributed by atoms with Crippen molar-refractivity contribution < 1.29 is 0 Å². The minimum Gasteiger partial charge on any atom is -0.0840 e. The highest BCUT2D eigenvalue weighted by atomic mass is 35.5. The molecule has 0 aromatic heterocycles. The highest BCUT2D eigenvalue weighted by Crippen LogP contribution is 2.41. The van der Waals surface area contributed by atoms with E-state index in [0.717, 1.165) is 36.6 Å². The van der Waals surface area contributed by atoms with E-state index in [9.17, 15) is 0 Å². The minimum absolute atomic E-state index is 0.764. The minimum atomic E-state index is 0.764.